The predicted octanol–water partition coefficient (Wildman–Crippen LogP) is 28.7. The molecule has 0 fully saturated rings. The van der Waals surface area contributed by atoms with Crippen molar-refractivity contribution in [3.63, 3.8) is 0 Å². The molecule has 0 saturated carbocycles. The minimum atomic E-state index is -3.92. The van der Waals surface area contributed by atoms with Gasteiger partial charge in [0.25, 0.3) is 10.1 Å². The highest BCUT2D eigenvalue weighted by molar-refractivity contribution is 9.09. The van der Waals surface area contributed by atoms with Gasteiger partial charge in [-0.1, -0.05) is 436 Å². The lowest BCUT2D eigenvalue weighted by atomic mass is 10.0. The third-order valence-electron chi connectivity index (χ3n) is 19.7. The van der Waals surface area contributed by atoms with Gasteiger partial charge in [0.1, 0.15) is 12.4 Å². The van der Waals surface area contributed by atoms with Gasteiger partial charge in [-0.05, 0) is 38.5 Å². The molecule has 4 aromatic heterocycles. The number of aromatic nitrogens is 8. The summed E-state index contributed by atoms with van der Waals surface area (Å²) in [7, 11) is -7.60. The normalized spacial score (nSPS) is 11.1. The van der Waals surface area contributed by atoms with Gasteiger partial charge in [0, 0.05) is 61.9 Å². The molecule has 0 saturated heterocycles. The second-order valence-electron chi connectivity index (χ2n) is 30.5. The number of hydrogen-bond donors (Lipinski definition) is 3. The van der Waals surface area contributed by atoms with Crippen LogP contribution < -0.4 is 4.57 Å². The number of rotatable bonds is 70. The Morgan fingerprint density at radius 2 is 0.604 bits per heavy atom. The van der Waals surface area contributed by atoms with Crippen LogP contribution in [-0.2, 0) is 39.9 Å². The maximum absolute atomic E-state index is 9.95. The number of nitrogens with zero attached hydrogens (tertiary/aromatic N) is 6. The van der Waals surface area contributed by atoms with Gasteiger partial charge in [-0.15, -0.1) is 0 Å². The number of nitrogens with one attached hydrogen (secondary N) is 2. The average Bonchev–Trinajstić information content (AvgIpc) is 1.93. The fourth-order valence-electron chi connectivity index (χ4n) is 13.0. The Labute approximate surface area is 666 Å². The van der Waals surface area contributed by atoms with Gasteiger partial charge < -0.3 is 18.7 Å². The van der Waals surface area contributed by atoms with Crippen LogP contribution in [0.5, 0.6) is 0 Å². The van der Waals surface area contributed by atoms with E-state index in [1.54, 1.807) is 18.7 Å². The lowest BCUT2D eigenvalue weighted by molar-refractivity contribution is -0.696. The quantitative estimate of drug-likeness (QED) is 0.0167. The van der Waals surface area contributed by atoms with Crippen LogP contribution in [0.15, 0.2) is 74.9 Å². The van der Waals surface area contributed by atoms with Gasteiger partial charge in [0.15, 0.2) is 0 Å². The van der Waals surface area contributed by atoms with Crippen LogP contribution in [0.25, 0.3) is 0 Å². The zero-order chi connectivity index (χ0) is 78.0. The number of halogens is 1. The van der Waals surface area contributed by atoms with E-state index < -0.39 is 20.2 Å². The molecule has 17 heteroatoms. The molecular formula is C89H175BrN8O6S2. The van der Waals surface area contributed by atoms with E-state index in [0.29, 0.717) is 12.7 Å². The van der Waals surface area contributed by atoms with E-state index in [2.05, 4.69) is 101 Å². The standard InChI is InChI=1S/3C21H40N2.C18H37Br.C4H10O3S.C3H4N2.CH4O3S/c3*1-2-3-4-5-6-7-8-9-10-11-12-13-14-15-16-17-19-23-20-18-22-21-23;1-2-3-4-5-6-7-8-9-10-11-12-13-14-15-16-17-18-19;1-2-3-4-8(5,6)7;1-2-5-3-4-1;1-5(2,3)4/h3*18,20-21H,2-17,19H2,1H3;2-18H2,1H3;2-4H2,1H3,(H,5,6,7);1-3H,(H,4,5);1H3,(H,2,3,4). The fraction of sp³-hybridized carbons (Fsp3) is 0.865. The number of unbranched alkanes of at least 4 members (excludes halogenated alkanes) is 61. The lowest BCUT2D eigenvalue weighted by Gasteiger charge is -2.04. The molecule has 0 spiro atoms. The Bertz CT molecular complexity index is 2130. The summed E-state index contributed by atoms with van der Waals surface area (Å²) < 4.78 is 61.9. The monoisotopic (exact) mass is 1600 g/mol. The van der Waals surface area contributed by atoms with Crippen LogP contribution in [0.4, 0.5) is 0 Å². The zero-order valence-corrected chi connectivity index (χ0v) is 73.7. The highest BCUT2D eigenvalue weighted by atomic mass is 79.9. The Hall–Kier alpha value is -2.86. The second kappa shape index (κ2) is 92.7. The van der Waals surface area contributed by atoms with Crippen LogP contribution in [-0.4, -0.2) is 77.3 Å². The van der Waals surface area contributed by atoms with Gasteiger partial charge in [-0.2, -0.15) is 8.42 Å². The van der Waals surface area contributed by atoms with Gasteiger partial charge in [-0.25, -0.2) is 27.9 Å². The Morgan fingerprint density at radius 3 is 0.783 bits per heavy atom. The smallest absolute Gasteiger partial charge is 0.264 e. The van der Waals surface area contributed by atoms with E-state index in [1.807, 2.05) is 44.5 Å². The lowest BCUT2D eigenvalue weighted by Crippen LogP contribution is -2.30. The SMILES string of the molecule is CCCCCCCCCCCCCCCCCCBr.CCCCCCCCCCCCCCCCCC[n+]1cc[nH]c1.CCCCCCCCCCCCCCCCCCn1ccnc1.CCCCCCCCCCCCCCCCCCn1ccnc1.CCCCS(=O)(=O)O.CS(=O)(=O)[O-].c1c[nH]cn1. The van der Waals surface area contributed by atoms with Crippen LogP contribution in [0.1, 0.15) is 458 Å². The summed E-state index contributed by atoms with van der Waals surface area (Å²) >= 11 is 3.49. The van der Waals surface area contributed by atoms with Crippen molar-refractivity contribution in [2.75, 3.05) is 17.3 Å². The van der Waals surface area contributed by atoms with E-state index in [-0.39, 0.29) is 5.75 Å². The molecule has 4 rings (SSSR count). The van der Waals surface area contributed by atoms with Crippen molar-refractivity contribution in [3.8, 4) is 0 Å². The maximum atomic E-state index is 9.95. The average molecular weight is 1600 g/mol. The molecule has 3 N–H and O–H groups in total. The molecule has 0 aromatic carbocycles. The van der Waals surface area contributed by atoms with Crippen molar-refractivity contribution >= 4 is 36.2 Å². The molecule has 626 valence electrons. The number of H-pyrrole nitrogens is 2. The molecule has 0 unspecified atom stereocenters. The summed E-state index contributed by atoms with van der Waals surface area (Å²) in [4.78, 5) is 17.7. The van der Waals surface area contributed by atoms with Crippen molar-refractivity contribution in [2.45, 2.75) is 478 Å². The second-order valence-corrected chi connectivity index (χ2v) is 34.2. The van der Waals surface area contributed by atoms with Crippen LogP contribution in [0.2, 0.25) is 0 Å². The topological polar surface area (TPSA) is 196 Å². The van der Waals surface area contributed by atoms with Gasteiger partial charge >= 0.3 is 0 Å². The highest BCUT2D eigenvalue weighted by Gasteiger charge is 2.03. The first-order chi connectivity index (χ1) is 51.8. The number of imidazole rings is 4. The first-order valence-corrected chi connectivity index (χ1v) is 49.6. The summed E-state index contributed by atoms with van der Waals surface area (Å²) in [5.74, 6) is -0.108. The highest BCUT2D eigenvalue weighted by Crippen LogP contribution is 2.19. The van der Waals surface area contributed by atoms with E-state index in [4.69, 9.17) is 17.5 Å². The van der Waals surface area contributed by atoms with Crippen molar-refractivity contribution in [2.24, 2.45) is 0 Å². The van der Waals surface area contributed by atoms with Crippen molar-refractivity contribution in [1.29, 1.82) is 0 Å². The minimum Gasteiger partial charge on any atom is -0.748 e. The zero-order valence-electron chi connectivity index (χ0n) is 70.5. The van der Waals surface area contributed by atoms with E-state index >= 15 is 0 Å². The van der Waals surface area contributed by atoms with Crippen LogP contribution in [0, 0.1) is 0 Å². The first-order valence-electron chi connectivity index (χ1n) is 45.1. The predicted molar refractivity (Wildman–Crippen MR) is 463 cm³/mol. The molecule has 4 aromatic rings. The largest absolute Gasteiger partial charge is 0.748 e. The van der Waals surface area contributed by atoms with Crippen LogP contribution in [0.3, 0.4) is 0 Å². The minimum absolute atomic E-state index is 0.108. The molecule has 0 amide bonds. The van der Waals surface area contributed by atoms with Crippen molar-refractivity contribution < 1.29 is 30.5 Å². The Morgan fingerprint density at radius 1 is 0.349 bits per heavy atom. The van der Waals surface area contributed by atoms with Gasteiger partial charge in [0.2, 0.25) is 6.33 Å². The van der Waals surface area contributed by atoms with E-state index in [9.17, 15) is 8.42 Å². The number of alkyl halides is 1. The van der Waals surface area contributed by atoms with Gasteiger partial charge in [0.05, 0.1) is 41.4 Å². The Kier molecular flexibility index (Phi) is 93.9. The number of hydrogen-bond acceptors (Lipinski definition) is 8. The summed E-state index contributed by atoms with van der Waals surface area (Å²) in [6, 6.07) is 0. The van der Waals surface area contributed by atoms with Crippen LogP contribution >= 0.6 is 15.9 Å². The molecule has 106 heavy (non-hydrogen) atoms. The summed E-state index contributed by atoms with van der Waals surface area (Å²) in [6.07, 6.45) is 117. The maximum Gasteiger partial charge on any atom is 0.264 e. The van der Waals surface area contributed by atoms with Crippen molar-refractivity contribution in [1.82, 2.24) is 34.1 Å². The Balaban J connectivity index is -0.00000123. The molecule has 0 aliphatic rings. The molecule has 0 aliphatic heterocycles. The molecule has 0 aliphatic carbocycles. The van der Waals surface area contributed by atoms with E-state index in [0.717, 1.165) is 19.5 Å². The molecule has 0 radical (unpaired) electrons. The first kappa shape index (κ1) is 107. The number of aromatic amines is 2. The summed E-state index contributed by atoms with van der Waals surface area (Å²) in [5, 5.41) is 1.19. The molecule has 0 bridgehead atoms. The van der Waals surface area contributed by atoms with E-state index in [1.165, 1.54) is 423 Å². The van der Waals surface area contributed by atoms with Crippen molar-refractivity contribution in [3.05, 3.63) is 74.9 Å². The van der Waals surface area contributed by atoms with Gasteiger partial charge in [-0.3, -0.25) is 9.54 Å². The third kappa shape index (κ3) is 105. The summed E-state index contributed by atoms with van der Waals surface area (Å²) in [5.41, 5.74) is 0. The molecule has 4 heterocycles. The third-order valence-corrected chi connectivity index (χ3v) is 21.0. The molecule has 0 atom stereocenters. The number of aryl methyl sites for hydroxylation is 3. The molecule has 14 nitrogen and oxygen atoms in total. The fourth-order valence-corrected chi connectivity index (χ4v) is 14.1. The molecular weight excluding hydrogens is 1420 g/mol. The summed E-state index contributed by atoms with van der Waals surface area (Å²) in [6.45, 7) is 14.5.